The van der Waals surface area contributed by atoms with Crippen molar-refractivity contribution >= 4 is 35.8 Å². The molecule has 1 unspecified atom stereocenters. The summed E-state index contributed by atoms with van der Waals surface area (Å²) in [4.78, 5) is 18.0. The summed E-state index contributed by atoms with van der Waals surface area (Å²) in [6, 6.07) is 7.36. The molecule has 162 valence electrons. The zero-order valence-corrected chi connectivity index (χ0v) is 19.5. The summed E-state index contributed by atoms with van der Waals surface area (Å²) >= 11 is 0. The first-order chi connectivity index (χ1) is 13.7. The molecule has 3 rings (SSSR count). The number of aliphatic imine (C=N–C) groups is 1. The molecule has 3 N–H and O–H groups in total. The molecular weight excluding hydrogens is 483 g/mol. The Morgan fingerprint density at radius 3 is 2.76 bits per heavy atom. The van der Waals surface area contributed by atoms with Crippen LogP contribution in [0, 0.1) is 0 Å². The quantitative estimate of drug-likeness (QED) is 0.345. The molecule has 7 nitrogen and oxygen atoms in total. The predicted molar refractivity (Wildman–Crippen MR) is 125 cm³/mol. The molecule has 0 bridgehead atoms. The van der Waals surface area contributed by atoms with E-state index in [1.807, 2.05) is 18.2 Å². The van der Waals surface area contributed by atoms with Gasteiger partial charge in [-0.2, -0.15) is 0 Å². The van der Waals surface area contributed by atoms with E-state index < -0.39 is 5.91 Å². The molecule has 1 amide bonds. The second kappa shape index (κ2) is 12.3. The van der Waals surface area contributed by atoms with Crippen LogP contribution in [-0.4, -0.2) is 62.3 Å². The Hall–Kier alpha value is -1.39. The monoisotopic (exact) mass is 516 g/mol. The predicted octanol–water partition coefficient (Wildman–Crippen LogP) is 2.53. The summed E-state index contributed by atoms with van der Waals surface area (Å²) in [7, 11) is 1.80. The summed E-state index contributed by atoms with van der Waals surface area (Å²) in [5, 5.41) is 3.38. The number of rotatable bonds is 6. The van der Waals surface area contributed by atoms with E-state index in [0.717, 1.165) is 50.5 Å². The third kappa shape index (κ3) is 7.42. The SMILES string of the molecule is CN=C(NCc1cccc(C(N)=O)c1)N1CCC(OCC2CCCCO2)CC1.I. The number of carbonyl (C=O) groups excluding carboxylic acids is 1. The smallest absolute Gasteiger partial charge is 0.248 e. The Kier molecular flexibility index (Phi) is 10.2. The van der Waals surface area contributed by atoms with E-state index in [0.29, 0.717) is 24.8 Å². The van der Waals surface area contributed by atoms with Crippen LogP contribution in [0.15, 0.2) is 29.3 Å². The van der Waals surface area contributed by atoms with E-state index in [1.54, 1.807) is 13.1 Å². The number of guanidine groups is 1. The van der Waals surface area contributed by atoms with Gasteiger partial charge in [0.15, 0.2) is 5.96 Å². The number of hydrogen-bond acceptors (Lipinski definition) is 4. The minimum atomic E-state index is -0.410. The fourth-order valence-electron chi connectivity index (χ4n) is 3.76. The molecular formula is C21H33IN4O3. The Balaban J connectivity index is 0.00000300. The van der Waals surface area contributed by atoms with Gasteiger partial charge in [-0.3, -0.25) is 9.79 Å². The van der Waals surface area contributed by atoms with Crippen molar-refractivity contribution in [1.29, 1.82) is 0 Å². The number of carbonyl (C=O) groups is 1. The van der Waals surface area contributed by atoms with Crippen molar-refractivity contribution < 1.29 is 14.3 Å². The van der Waals surface area contributed by atoms with E-state index in [1.165, 1.54) is 12.8 Å². The zero-order chi connectivity index (χ0) is 19.8. The minimum absolute atomic E-state index is 0. The van der Waals surface area contributed by atoms with Crippen LogP contribution in [0.1, 0.15) is 48.0 Å². The molecule has 0 radical (unpaired) electrons. The first-order valence-corrected chi connectivity index (χ1v) is 10.2. The van der Waals surface area contributed by atoms with Gasteiger partial charge in [0, 0.05) is 38.9 Å². The van der Waals surface area contributed by atoms with Gasteiger partial charge in [0.1, 0.15) is 0 Å². The van der Waals surface area contributed by atoms with Gasteiger partial charge in [0.2, 0.25) is 5.91 Å². The first kappa shape index (κ1) is 23.9. The van der Waals surface area contributed by atoms with Crippen molar-refractivity contribution in [1.82, 2.24) is 10.2 Å². The van der Waals surface area contributed by atoms with Gasteiger partial charge in [-0.05, 0) is 49.8 Å². The van der Waals surface area contributed by atoms with Crippen LogP contribution >= 0.6 is 24.0 Å². The van der Waals surface area contributed by atoms with Crippen LogP contribution in [0.3, 0.4) is 0 Å². The second-order valence-electron chi connectivity index (χ2n) is 7.47. The second-order valence-corrected chi connectivity index (χ2v) is 7.47. The minimum Gasteiger partial charge on any atom is -0.376 e. The van der Waals surface area contributed by atoms with Gasteiger partial charge in [-0.15, -0.1) is 24.0 Å². The maximum absolute atomic E-state index is 11.3. The molecule has 0 aliphatic carbocycles. The van der Waals surface area contributed by atoms with Gasteiger partial charge in [0.25, 0.3) is 0 Å². The Labute approximate surface area is 190 Å². The standard InChI is InChI=1S/C21H32N4O3.HI/c1-23-21(24-14-16-5-4-6-17(13-16)20(22)26)25-10-8-18(9-11-25)28-15-19-7-2-3-12-27-19;/h4-6,13,18-19H,2-3,7-12,14-15H2,1H3,(H2,22,26)(H,23,24);1H. The number of benzene rings is 1. The number of primary amides is 1. The Morgan fingerprint density at radius 2 is 2.10 bits per heavy atom. The molecule has 2 saturated heterocycles. The number of likely N-dealkylation sites (tertiary alicyclic amines) is 1. The van der Waals surface area contributed by atoms with Crippen LogP contribution in [0.25, 0.3) is 0 Å². The van der Waals surface area contributed by atoms with E-state index >= 15 is 0 Å². The number of ether oxygens (including phenoxy) is 2. The molecule has 2 fully saturated rings. The van der Waals surface area contributed by atoms with Gasteiger partial charge < -0.3 is 25.4 Å². The first-order valence-electron chi connectivity index (χ1n) is 10.2. The number of hydrogen-bond donors (Lipinski definition) is 2. The molecule has 0 aromatic heterocycles. The lowest BCUT2D eigenvalue weighted by Crippen LogP contribution is -2.47. The zero-order valence-electron chi connectivity index (χ0n) is 17.1. The topological polar surface area (TPSA) is 89.2 Å². The van der Waals surface area contributed by atoms with Gasteiger partial charge in [-0.25, -0.2) is 0 Å². The van der Waals surface area contributed by atoms with Gasteiger partial charge >= 0.3 is 0 Å². The average Bonchev–Trinajstić information content (AvgIpc) is 2.74. The third-order valence-corrected chi connectivity index (χ3v) is 5.41. The van der Waals surface area contributed by atoms with Crippen molar-refractivity contribution in [2.24, 2.45) is 10.7 Å². The van der Waals surface area contributed by atoms with E-state index in [2.05, 4.69) is 15.2 Å². The van der Waals surface area contributed by atoms with Crippen LogP contribution in [0.2, 0.25) is 0 Å². The van der Waals surface area contributed by atoms with Crippen LogP contribution < -0.4 is 11.1 Å². The lowest BCUT2D eigenvalue weighted by atomic mass is 10.1. The van der Waals surface area contributed by atoms with E-state index in [-0.39, 0.29) is 30.1 Å². The molecule has 1 aromatic rings. The third-order valence-electron chi connectivity index (χ3n) is 5.41. The number of piperidine rings is 1. The number of nitrogens with two attached hydrogens (primary N) is 1. The summed E-state index contributed by atoms with van der Waals surface area (Å²) in [6.07, 6.45) is 6.09. The summed E-state index contributed by atoms with van der Waals surface area (Å²) < 4.78 is 11.8. The molecule has 0 spiro atoms. The fraction of sp³-hybridized carbons (Fsp3) is 0.619. The van der Waals surface area contributed by atoms with Crippen molar-refractivity contribution in [2.75, 3.05) is 33.4 Å². The lowest BCUT2D eigenvalue weighted by Gasteiger charge is -2.35. The summed E-state index contributed by atoms with van der Waals surface area (Å²) in [6.45, 7) is 4.02. The number of nitrogens with one attached hydrogen (secondary N) is 1. The Bertz CT molecular complexity index is 672. The van der Waals surface area contributed by atoms with Crippen molar-refractivity contribution in [3.63, 3.8) is 0 Å². The molecule has 2 aliphatic rings. The highest BCUT2D eigenvalue weighted by Crippen LogP contribution is 2.18. The van der Waals surface area contributed by atoms with Gasteiger partial charge in [-0.1, -0.05) is 12.1 Å². The molecule has 1 aromatic carbocycles. The van der Waals surface area contributed by atoms with Crippen LogP contribution in [-0.2, 0) is 16.0 Å². The Morgan fingerprint density at radius 1 is 1.31 bits per heavy atom. The number of amides is 1. The number of nitrogens with zero attached hydrogens (tertiary/aromatic N) is 2. The van der Waals surface area contributed by atoms with Crippen molar-refractivity contribution in [3.05, 3.63) is 35.4 Å². The van der Waals surface area contributed by atoms with Crippen molar-refractivity contribution in [3.8, 4) is 0 Å². The van der Waals surface area contributed by atoms with Crippen LogP contribution in [0.4, 0.5) is 0 Å². The lowest BCUT2D eigenvalue weighted by molar-refractivity contribution is -0.0721. The summed E-state index contributed by atoms with van der Waals surface area (Å²) in [5.74, 6) is 0.463. The maximum atomic E-state index is 11.3. The van der Waals surface area contributed by atoms with Crippen LogP contribution in [0.5, 0.6) is 0 Å². The molecule has 8 heteroatoms. The molecule has 1 atom stereocenters. The molecule has 29 heavy (non-hydrogen) atoms. The molecule has 2 heterocycles. The highest BCUT2D eigenvalue weighted by atomic mass is 127. The molecule has 2 aliphatic heterocycles. The van der Waals surface area contributed by atoms with E-state index in [4.69, 9.17) is 15.2 Å². The average molecular weight is 516 g/mol. The van der Waals surface area contributed by atoms with Gasteiger partial charge in [0.05, 0.1) is 18.8 Å². The normalized spacial score (nSPS) is 20.8. The largest absolute Gasteiger partial charge is 0.376 e. The highest BCUT2D eigenvalue weighted by molar-refractivity contribution is 14.0. The number of halogens is 1. The summed E-state index contributed by atoms with van der Waals surface area (Å²) in [5.41, 5.74) is 6.88. The fourth-order valence-corrected chi connectivity index (χ4v) is 3.76. The molecule has 0 saturated carbocycles. The van der Waals surface area contributed by atoms with Crippen molar-refractivity contribution in [2.45, 2.75) is 50.9 Å². The van der Waals surface area contributed by atoms with E-state index in [9.17, 15) is 4.79 Å². The highest BCUT2D eigenvalue weighted by Gasteiger charge is 2.23. The maximum Gasteiger partial charge on any atom is 0.248 e.